The lowest BCUT2D eigenvalue weighted by atomic mass is 10.1. The molecule has 1 N–H and O–H groups in total. The highest BCUT2D eigenvalue weighted by Gasteiger charge is 2.12. The molecule has 0 unspecified atom stereocenters. The molecule has 0 aliphatic rings. The average Bonchev–Trinajstić information content (AvgIpc) is 2.41. The highest BCUT2D eigenvalue weighted by atomic mass is 16.5. The lowest BCUT2D eigenvalue weighted by Crippen LogP contribution is -1.99. The Hall–Kier alpha value is -2.29. The molecule has 0 bridgehead atoms. The van der Waals surface area contributed by atoms with Crippen LogP contribution in [0.15, 0.2) is 48.5 Å². The molecule has 92 valence electrons. The largest absolute Gasteiger partial charge is 0.508 e. The van der Waals surface area contributed by atoms with Gasteiger partial charge in [-0.3, -0.25) is 4.79 Å². The summed E-state index contributed by atoms with van der Waals surface area (Å²) in [5, 5.41) is 9.44. The zero-order valence-corrected chi connectivity index (χ0v) is 10.1. The third kappa shape index (κ3) is 2.69. The minimum absolute atomic E-state index is 0.0585. The van der Waals surface area contributed by atoms with Gasteiger partial charge in [0.15, 0.2) is 5.78 Å². The van der Waals surface area contributed by atoms with E-state index in [4.69, 9.17) is 4.74 Å². The fraction of sp³-hybridized carbons (Fsp3) is 0.133. The number of ether oxygens (including phenoxy) is 1. The molecule has 2 aromatic carbocycles. The number of carbonyl (C=O) groups excluding carboxylic acids is 1. The van der Waals surface area contributed by atoms with E-state index in [-0.39, 0.29) is 11.5 Å². The standard InChI is InChI=1S/C15H14O3/c1-2-14(17)13-10-11(16)8-9-15(13)18-12-6-4-3-5-7-12/h3-10,16H,2H2,1H3. The molecule has 0 aliphatic carbocycles. The second-order valence-corrected chi connectivity index (χ2v) is 3.87. The number of phenolic OH excluding ortho intramolecular Hbond substituents is 1. The summed E-state index contributed by atoms with van der Waals surface area (Å²) in [6.07, 6.45) is 0.370. The van der Waals surface area contributed by atoms with Gasteiger partial charge < -0.3 is 9.84 Å². The maximum absolute atomic E-state index is 11.8. The number of hydrogen-bond acceptors (Lipinski definition) is 3. The van der Waals surface area contributed by atoms with Crippen molar-refractivity contribution in [1.29, 1.82) is 0 Å². The van der Waals surface area contributed by atoms with E-state index in [0.29, 0.717) is 23.5 Å². The van der Waals surface area contributed by atoms with Crippen LogP contribution in [0.4, 0.5) is 0 Å². The Bertz CT molecular complexity index is 547. The van der Waals surface area contributed by atoms with Crippen molar-refractivity contribution >= 4 is 5.78 Å². The topological polar surface area (TPSA) is 46.5 Å². The highest BCUT2D eigenvalue weighted by Crippen LogP contribution is 2.29. The van der Waals surface area contributed by atoms with E-state index >= 15 is 0 Å². The number of carbonyl (C=O) groups is 1. The lowest BCUT2D eigenvalue weighted by Gasteiger charge is -2.10. The van der Waals surface area contributed by atoms with Crippen molar-refractivity contribution in [3.8, 4) is 17.2 Å². The van der Waals surface area contributed by atoms with Crippen molar-refractivity contribution in [3.63, 3.8) is 0 Å². The molecule has 0 atom stereocenters. The molecule has 18 heavy (non-hydrogen) atoms. The fourth-order valence-corrected chi connectivity index (χ4v) is 1.63. The molecule has 2 rings (SSSR count). The van der Waals surface area contributed by atoms with Gasteiger partial charge in [0.05, 0.1) is 5.56 Å². The van der Waals surface area contributed by atoms with Gasteiger partial charge in [0, 0.05) is 6.42 Å². The van der Waals surface area contributed by atoms with Crippen LogP contribution in [0.5, 0.6) is 17.2 Å². The predicted octanol–water partition coefficient (Wildman–Crippen LogP) is 3.78. The monoisotopic (exact) mass is 242 g/mol. The van der Waals surface area contributed by atoms with Crippen LogP contribution in [0.3, 0.4) is 0 Å². The average molecular weight is 242 g/mol. The number of aromatic hydroxyl groups is 1. The van der Waals surface area contributed by atoms with E-state index in [1.54, 1.807) is 13.0 Å². The number of benzene rings is 2. The molecule has 0 aromatic heterocycles. The van der Waals surface area contributed by atoms with Crippen molar-refractivity contribution in [1.82, 2.24) is 0 Å². The maximum atomic E-state index is 11.8. The van der Waals surface area contributed by atoms with Crippen molar-refractivity contribution in [2.24, 2.45) is 0 Å². The molecule has 0 fully saturated rings. The second-order valence-electron chi connectivity index (χ2n) is 3.87. The Morgan fingerprint density at radius 1 is 1.17 bits per heavy atom. The number of phenols is 1. The first-order valence-corrected chi connectivity index (χ1v) is 5.80. The van der Waals surface area contributed by atoms with Gasteiger partial charge in [0.1, 0.15) is 17.2 Å². The number of ketones is 1. The zero-order chi connectivity index (χ0) is 13.0. The second kappa shape index (κ2) is 5.36. The summed E-state index contributed by atoms with van der Waals surface area (Å²) < 4.78 is 5.66. The first-order valence-electron chi connectivity index (χ1n) is 5.80. The Morgan fingerprint density at radius 3 is 2.56 bits per heavy atom. The van der Waals surface area contributed by atoms with Crippen LogP contribution in [0.2, 0.25) is 0 Å². The van der Waals surface area contributed by atoms with Gasteiger partial charge in [-0.15, -0.1) is 0 Å². The molecule has 0 saturated heterocycles. The molecular formula is C15H14O3. The molecule has 3 nitrogen and oxygen atoms in total. The predicted molar refractivity (Wildman–Crippen MR) is 69.2 cm³/mol. The van der Waals surface area contributed by atoms with E-state index in [1.807, 2.05) is 30.3 Å². The summed E-state index contributed by atoms with van der Waals surface area (Å²) in [7, 11) is 0. The molecular weight excluding hydrogens is 228 g/mol. The smallest absolute Gasteiger partial charge is 0.166 e. The SMILES string of the molecule is CCC(=O)c1cc(O)ccc1Oc1ccccc1. The summed E-state index contributed by atoms with van der Waals surface area (Å²) in [4.78, 5) is 11.8. The molecule has 0 spiro atoms. The molecule has 0 aliphatic heterocycles. The summed E-state index contributed by atoms with van der Waals surface area (Å²) in [5.74, 6) is 1.13. The Balaban J connectivity index is 2.35. The van der Waals surface area contributed by atoms with Crippen molar-refractivity contribution < 1.29 is 14.6 Å². The van der Waals surface area contributed by atoms with Crippen molar-refractivity contribution in [2.45, 2.75) is 13.3 Å². The zero-order valence-electron chi connectivity index (χ0n) is 10.1. The summed E-state index contributed by atoms with van der Waals surface area (Å²) in [6, 6.07) is 13.8. The van der Waals surface area contributed by atoms with Gasteiger partial charge in [0.25, 0.3) is 0 Å². The first-order chi connectivity index (χ1) is 8.70. The molecule has 0 heterocycles. The van der Waals surface area contributed by atoms with Crippen LogP contribution in [-0.4, -0.2) is 10.9 Å². The van der Waals surface area contributed by atoms with Crippen molar-refractivity contribution in [2.75, 3.05) is 0 Å². The summed E-state index contributed by atoms with van der Waals surface area (Å²) >= 11 is 0. The highest BCUT2D eigenvalue weighted by molar-refractivity contribution is 5.98. The number of Topliss-reactive ketones (excluding diaryl/α,β-unsaturated/α-hetero) is 1. The van der Waals surface area contributed by atoms with Crippen LogP contribution >= 0.6 is 0 Å². The Kier molecular flexibility index (Phi) is 3.63. The van der Waals surface area contributed by atoms with Crippen LogP contribution in [0, 0.1) is 0 Å². The quantitative estimate of drug-likeness (QED) is 0.830. The van der Waals surface area contributed by atoms with Crippen molar-refractivity contribution in [3.05, 3.63) is 54.1 Å². The Morgan fingerprint density at radius 2 is 1.89 bits per heavy atom. The molecule has 3 heteroatoms. The number of hydrogen-bond donors (Lipinski definition) is 1. The van der Waals surface area contributed by atoms with Crippen LogP contribution < -0.4 is 4.74 Å². The third-order valence-electron chi connectivity index (χ3n) is 2.56. The molecule has 0 radical (unpaired) electrons. The molecule has 2 aromatic rings. The van der Waals surface area contributed by atoms with Crippen LogP contribution in [0.25, 0.3) is 0 Å². The molecule has 0 saturated carbocycles. The van der Waals surface area contributed by atoms with Crippen LogP contribution in [-0.2, 0) is 0 Å². The van der Waals surface area contributed by atoms with E-state index < -0.39 is 0 Å². The van der Waals surface area contributed by atoms with E-state index in [9.17, 15) is 9.90 Å². The van der Waals surface area contributed by atoms with Gasteiger partial charge in [-0.2, -0.15) is 0 Å². The van der Waals surface area contributed by atoms with E-state index in [0.717, 1.165) is 0 Å². The normalized spacial score (nSPS) is 10.1. The van der Waals surface area contributed by atoms with Crippen LogP contribution in [0.1, 0.15) is 23.7 Å². The van der Waals surface area contributed by atoms with Gasteiger partial charge in [0.2, 0.25) is 0 Å². The maximum Gasteiger partial charge on any atom is 0.166 e. The van der Waals surface area contributed by atoms with Gasteiger partial charge in [-0.25, -0.2) is 0 Å². The first kappa shape index (κ1) is 12.2. The summed E-state index contributed by atoms with van der Waals surface area (Å²) in [5.41, 5.74) is 0.404. The van der Waals surface area contributed by atoms with E-state index in [1.165, 1.54) is 12.1 Å². The lowest BCUT2D eigenvalue weighted by molar-refractivity contribution is 0.0985. The minimum Gasteiger partial charge on any atom is -0.508 e. The number of para-hydroxylation sites is 1. The third-order valence-corrected chi connectivity index (χ3v) is 2.56. The molecule has 0 amide bonds. The Labute approximate surface area is 106 Å². The van der Waals surface area contributed by atoms with E-state index in [2.05, 4.69) is 0 Å². The number of rotatable bonds is 4. The van der Waals surface area contributed by atoms with Gasteiger partial charge >= 0.3 is 0 Å². The minimum atomic E-state index is -0.0585. The van der Waals surface area contributed by atoms with Gasteiger partial charge in [-0.1, -0.05) is 25.1 Å². The summed E-state index contributed by atoms with van der Waals surface area (Å²) in [6.45, 7) is 1.78. The fourth-order valence-electron chi connectivity index (χ4n) is 1.63. The van der Waals surface area contributed by atoms with Gasteiger partial charge in [-0.05, 0) is 30.3 Å².